The summed E-state index contributed by atoms with van der Waals surface area (Å²) >= 11 is 5.76. The highest BCUT2D eigenvalue weighted by atomic mass is 35.5. The summed E-state index contributed by atoms with van der Waals surface area (Å²) in [7, 11) is -3.74. The molecule has 2 N–H and O–H groups in total. The number of halogens is 1. The van der Waals surface area contributed by atoms with Gasteiger partial charge < -0.3 is 0 Å². The Morgan fingerprint density at radius 2 is 1.88 bits per heavy atom. The second kappa shape index (κ2) is 6.03. The lowest BCUT2D eigenvalue weighted by atomic mass is 10.1. The predicted molar refractivity (Wildman–Crippen MR) is 68.9 cm³/mol. The summed E-state index contributed by atoms with van der Waals surface area (Å²) in [6.07, 6.45) is 0. The third-order valence-corrected chi connectivity index (χ3v) is 3.13. The van der Waals surface area contributed by atoms with Crippen LogP contribution in [0.5, 0.6) is 0 Å². The maximum absolute atomic E-state index is 11.0. The third-order valence-electron chi connectivity index (χ3n) is 1.73. The minimum Gasteiger partial charge on any atom is -0.225 e. The quantitative estimate of drug-likeness (QED) is 0.889. The lowest BCUT2D eigenvalue weighted by molar-refractivity contribution is 0.598. The van der Waals surface area contributed by atoms with Crippen molar-refractivity contribution < 1.29 is 8.42 Å². The summed E-state index contributed by atoms with van der Waals surface area (Å²) in [6.45, 7) is 9.53. The van der Waals surface area contributed by atoms with Crippen molar-refractivity contribution >= 4 is 27.2 Å². The lowest BCUT2D eigenvalue weighted by Gasteiger charge is -2.04. The van der Waals surface area contributed by atoms with Crippen molar-refractivity contribution in [1.29, 1.82) is 0 Å². The molecule has 3 nitrogen and oxygen atoms in total. The van der Waals surface area contributed by atoms with E-state index in [1.165, 1.54) is 12.1 Å². The number of allylic oxidation sites excluding steroid dienone is 1. The van der Waals surface area contributed by atoms with Crippen molar-refractivity contribution in [3.63, 3.8) is 0 Å². The average molecular weight is 262 g/mol. The molecule has 5 heteroatoms. The molecule has 0 heterocycles. The fraction of sp³-hybridized carbons (Fsp3) is 0.273. The van der Waals surface area contributed by atoms with Crippen LogP contribution in [0.25, 0.3) is 5.57 Å². The van der Waals surface area contributed by atoms with Gasteiger partial charge in [0.1, 0.15) is 4.90 Å². The number of nitrogens with two attached hydrogens (primary N) is 1. The molecule has 0 aliphatic heterocycles. The SMILES string of the molecule is C=C(C)c1ccc(S(N)(=O)=O)c(Cl)c1.CC. The van der Waals surface area contributed by atoms with E-state index in [4.69, 9.17) is 16.7 Å². The van der Waals surface area contributed by atoms with Gasteiger partial charge in [-0.2, -0.15) is 0 Å². The predicted octanol–water partition coefficient (Wildman–Crippen LogP) is 3.05. The topological polar surface area (TPSA) is 60.2 Å². The Labute approximate surface area is 102 Å². The minimum atomic E-state index is -3.74. The molecule has 0 fully saturated rings. The highest BCUT2D eigenvalue weighted by molar-refractivity contribution is 7.89. The first-order chi connectivity index (χ1) is 7.32. The van der Waals surface area contributed by atoms with E-state index in [2.05, 4.69) is 6.58 Å². The molecule has 0 saturated carbocycles. The number of rotatable bonds is 2. The monoisotopic (exact) mass is 261 g/mol. The molecule has 1 aromatic rings. The van der Waals surface area contributed by atoms with Crippen LogP contribution in [0.15, 0.2) is 29.7 Å². The van der Waals surface area contributed by atoms with Gasteiger partial charge in [0, 0.05) is 0 Å². The van der Waals surface area contributed by atoms with Crippen molar-refractivity contribution in [2.75, 3.05) is 0 Å². The summed E-state index contributed by atoms with van der Waals surface area (Å²) < 4.78 is 22.0. The Kier molecular flexibility index (Phi) is 5.72. The van der Waals surface area contributed by atoms with E-state index in [9.17, 15) is 8.42 Å². The zero-order valence-corrected chi connectivity index (χ0v) is 11.2. The van der Waals surface area contributed by atoms with Gasteiger partial charge in [-0.1, -0.05) is 43.7 Å². The van der Waals surface area contributed by atoms with Gasteiger partial charge in [0.25, 0.3) is 0 Å². The van der Waals surface area contributed by atoms with Gasteiger partial charge in [-0.25, -0.2) is 13.6 Å². The molecule has 0 spiro atoms. The molecule has 0 saturated heterocycles. The number of primary sulfonamides is 1. The average Bonchev–Trinajstić information content (AvgIpc) is 2.18. The van der Waals surface area contributed by atoms with Gasteiger partial charge >= 0.3 is 0 Å². The summed E-state index contributed by atoms with van der Waals surface area (Å²) in [4.78, 5) is -0.0656. The Balaban J connectivity index is 0.00000106. The molecular formula is C11H16ClNO2S. The van der Waals surface area contributed by atoms with E-state index < -0.39 is 10.0 Å². The molecule has 0 radical (unpaired) electrons. The van der Waals surface area contributed by atoms with Crippen LogP contribution >= 0.6 is 11.6 Å². The Bertz CT molecular complexity index is 481. The van der Waals surface area contributed by atoms with Crippen molar-refractivity contribution in [3.05, 3.63) is 35.4 Å². The van der Waals surface area contributed by atoms with Gasteiger partial charge in [0.15, 0.2) is 0 Å². The Morgan fingerprint density at radius 1 is 1.38 bits per heavy atom. The minimum absolute atomic E-state index is 0.0656. The molecular weight excluding hydrogens is 246 g/mol. The second-order valence-corrected chi connectivity index (χ2v) is 4.91. The first-order valence-electron chi connectivity index (χ1n) is 4.80. The zero-order chi connectivity index (χ0) is 12.9. The number of hydrogen-bond donors (Lipinski definition) is 1. The van der Waals surface area contributed by atoms with Crippen LogP contribution in [-0.4, -0.2) is 8.42 Å². The van der Waals surface area contributed by atoms with E-state index in [1.807, 2.05) is 20.8 Å². The van der Waals surface area contributed by atoms with Gasteiger partial charge in [-0.3, -0.25) is 0 Å². The molecule has 0 aromatic heterocycles. The van der Waals surface area contributed by atoms with Crippen LogP contribution in [0.1, 0.15) is 26.3 Å². The molecule has 16 heavy (non-hydrogen) atoms. The van der Waals surface area contributed by atoms with Gasteiger partial charge in [0.2, 0.25) is 10.0 Å². The zero-order valence-electron chi connectivity index (χ0n) is 9.62. The molecule has 0 atom stereocenters. The van der Waals surface area contributed by atoms with E-state index in [-0.39, 0.29) is 9.92 Å². The van der Waals surface area contributed by atoms with Crippen LogP contribution in [0.4, 0.5) is 0 Å². The van der Waals surface area contributed by atoms with E-state index in [0.717, 1.165) is 11.1 Å². The lowest BCUT2D eigenvalue weighted by Crippen LogP contribution is -2.12. The standard InChI is InChI=1S/C9H10ClNO2S.C2H6/c1-6(2)7-3-4-9(8(10)5-7)14(11,12)13;1-2/h3-5H,1H2,2H3,(H2,11,12,13);1-2H3. The summed E-state index contributed by atoms with van der Waals surface area (Å²) in [5, 5.41) is 5.07. The number of benzene rings is 1. The largest absolute Gasteiger partial charge is 0.239 e. The highest BCUT2D eigenvalue weighted by Gasteiger charge is 2.12. The van der Waals surface area contributed by atoms with Crippen molar-refractivity contribution in [1.82, 2.24) is 0 Å². The third kappa shape index (κ3) is 3.96. The maximum atomic E-state index is 11.0. The van der Waals surface area contributed by atoms with Gasteiger partial charge in [-0.05, 0) is 24.6 Å². The highest BCUT2D eigenvalue weighted by Crippen LogP contribution is 2.24. The summed E-state index contributed by atoms with van der Waals surface area (Å²) in [6, 6.07) is 4.53. The Hall–Kier alpha value is -0.840. The van der Waals surface area contributed by atoms with Crippen LogP contribution in [0.2, 0.25) is 5.02 Å². The number of sulfonamides is 1. The number of hydrogen-bond acceptors (Lipinski definition) is 2. The maximum Gasteiger partial charge on any atom is 0.239 e. The molecule has 90 valence electrons. The molecule has 1 rings (SSSR count). The van der Waals surface area contributed by atoms with Crippen molar-refractivity contribution in [2.24, 2.45) is 5.14 Å². The Morgan fingerprint density at radius 3 is 2.19 bits per heavy atom. The van der Waals surface area contributed by atoms with Crippen LogP contribution < -0.4 is 5.14 Å². The van der Waals surface area contributed by atoms with Crippen LogP contribution in [-0.2, 0) is 10.0 Å². The second-order valence-electron chi connectivity index (χ2n) is 2.97. The van der Waals surface area contributed by atoms with E-state index in [1.54, 1.807) is 6.07 Å². The van der Waals surface area contributed by atoms with Gasteiger partial charge in [0.05, 0.1) is 5.02 Å². The molecule has 1 aromatic carbocycles. The molecule has 0 unspecified atom stereocenters. The fourth-order valence-corrected chi connectivity index (χ4v) is 2.09. The summed E-state index contributed by atoms with van der Waals surface area (Å²) in [5.41, 5.74) is 1.61. The van der Waals surface area contributed by atoms with Crippen molar-refractivity contribution in [3.8, 4) is 0 Å². The van der Waals surface area contributed by atoms with E-state index in [0.29, 0.717) is 0 Å². The van der Waals surface area contributed by atoms with Gasteiger partial charge in [-0.15, -0.1) is 0 Å². The molecule has 0 bridgehead atoms. The van der Waals surface area contributed by atoms with Crippen LogP contribution in [0.3, 0.4) is 0 Å². The molecule has 0 aliphatic carbocycles. The molecule has 0 aliphatic rings. The van der Waals surface area contributed by atoms with E-state index >= 15 is 0 Å². The van der Waals surface area contributed by atoms with Crippen LogP contribution in [0, 0.1) is 0 Å². The molecule has 0 amide bonds. The smallest absolute Gasteiger partial charge is 0.225 e. The van der Waals surface area contributed by atoms with Crippen molar-refractivity contribution in [2.45, 2.75) is 25.7 Å². The first-order valence-corrected chi connectivity index (χ1v) is 6.73. The first kappa shape index (κ1) is 15.2. The normalized spacial score (nSPS) is 10.3. The fourth-order valence-electron chi connectivity index (χ4n) is 0.997. The summed E-state index contributed by atoms with van der Waals surface area (Å²) in [5.74, 6) is 0.